The number of nitrogens with zero attached hydrogens (tertiary/aromatic N) is 2. The van der Waals surface area contributed by atoms with Gasteiger partial charge >= 0.3 is 0 Å². The largest absolute Gasteiger partial charge is 0.380 e. The van der Waals surface area contributed by atoms with Crippen molar-refractivity contribution in [3.05, 3.63) is 5.69 Å². The van der Waals surface area contributed by atoms with Crippen LogP contribution >= 0.6 is 12.4 Å². The molecule has 1 amide bonds. The zero-order valence-corrected chi connectivity index (χ0v) is 6.18. The maximum Gasteiger partial charge on any atom is 0.289 e. The van der Waals surface area contributed by atoms with E-state index in [1.807, 2.05) is 5.43 Å². The van der Waals surface area contributed by atoms with Crippen molar-refractivity contribution < 1.29 is 4.79 Å². The monoisotopic (exact) mass is 178 g/mol. The van der Waals surface area contributed by atoms with Crippen LogP contribution in [-0.4, -0.2) is 21.3 Å². The average Bonchev–Trinajstić information content (AvgIpc) is 2.34. The molecule has 11 heavy (non-hydrogen) atoms. The Labute approximate surface area is 67.9 Å². The van der Waals surface area contributed by atoms with Gasteiger partial charge in [-0.2, -0.15) is 5.21 Å². The summed E-state index contributed by atoms with van der Waals surface area (Å²) in [7, 11) is 0. The molecule has 0 spiro atoms. The lowest BCUT2D eigenvalue weighted by Gasteiger charge is -1.91. The summed E-state index contributed by atoms with van der Waals surface area (Å²) in [5.74, 6) is 4.26. The van der Waals surface area contributed by atoms with Crippen LogP contribution in [0.1, 0.15) is 10.5 Å². The third-order valence-electron chi connectivity index (χ3n) is 0.921. The first kappa shape index (κ1) is 9.66. The van der Waals surface area contributed by atoms with E-state index in [0.29, 0.717) is 0 Å². The summed E-state index contributed by atoms with van der Waals surface area (Å²) in [6, 6.07) is 0. The number of aromatic nitrogens is 3. The number of amides is 1. The van der Waals surface area contributed by atoms with Crippen molar-refractivity contribution in [3.8, 4) is 0 Å². The lowest BCUT2D eigenvalue weighted by Crippen LogP contribution is -2.30. The van der Waals surface area contributed by atoms with Crippen LogP contribution in [0.15, 0.2) is 0 Å². The van der Waals surface area contributed by atoms with Crippen LogP contribution in [0.25, 0.3) is 0 Å². The second-order valence-corrected chi connectivity index (χ2v) is 1.53. The van der Waals surface area contributed by atoms with Gasteiger partial charge in [0.1, 0.15) is 0 Å². The molecule has 0 bridgehead atoms. The average molecular weight is 179 g/mol. The molecule has 0 aromatic carbocycles. The summed E-state index contributed by atoms with van der Waals surface area (Å²) in [6.07, 6.45) is 0. The van der Waals surface area contributed by atoms with Gasteiger partial charge in [0.15, 0.2) is 11.5 Å². The van der Waals surface area contributed by atoms with Crippen LogP contribution in [0.5, 0.6) is 0 Å². The van der Waals surface area contributed by atoms with E-state index in [9.17, 15) is 4.79 Å². The molecule has 0 aliphatic carbocycles. The van der Waals surface area contributed by atoms with E-state index >= 15 is 0 Å². The molecule has 0 saturated carbocycles. The molecular weight excluding hydrogens is 172 g/mol. The van der Waals surface area contributed by atoms with E-state index in [1.54, 1.807) is 0 Å². The van der Waals surface area contributed by atoms with Crippen LogP contribution in [0.4, 0.5) is 5.82 Å². The Morgan fingerprint density at radius 1 is 1.55 bits per heavy atom. The van der Waals surface area contributed by atoms with Gasteiger partial charge in [-0.25, -0.2) is 5.84 Å². The van der Waals surface area contributed by atoms with E-state index in [-0.39, 0.29) is 23.9 Å². The Hall–Kier alpha value is -1.34. The first-order valence-corrected chi connectivity index (χ1v) is 2.43. The maximum atomic E-state index is 10.7. The minimum Gasteiger partial charge on any atom is -0.380 e. The summed E-state index contributed by atoms with van der Waals surface area (Å²) >= 11 is 0. The number of hydrazine groups is 1. The molecule has 0 aliphatic rings. The minimum atomic E-state index is -0.564. The molecule has 0 radical (unpaired) electrons. The molecule has 1 aromatic rings. The quantitative estimate of drug-likeness (QED) is 0.235. The summed E-state index contributed by atoms with van der Waals surface area (Å²) < 4.78 is 0. The van der Waals surface area contributed by atoms with Crippen molar-refractivity contribution in [2.24, 2.45) is 5.84 Å². The number of carbonyl (C=O) groups is 1. The van der Waals surface area contributed by atoms with Gasteiger partial charge in [-0.05, 0) is 0 Å². The predicted molar refractivity (Wildman–Crippen MR) is 39.7 cm³/mol. The van der Waals surface area contributed by atoms with Crippen LogP contribution in [0.3, 0.4) is 0 Å². The lowest BCUT2D eigenvalue weighted by atomic mass is 10.4. The minimum absolute atomic E-state index is 0. The molecule has 0 atom stereocenters. The molecule has 1 aromatic heterocycles. The fourth-order valence-corrected chi connectivity index (χ4v) is 0.475. The molecule has 6 N–H and O–H groups in total. The first-order chi connectivity index (χ1) is 4.75. The van der Waals surface area contributed by atoms with Gasteiger partial charge in [0, 0.05) is 0 Å². The molecule has 1 rings (SSSR count). The number of carbonyl (C=O) groups excluding carboxylic acids is 1. The number of nitrogen functional groups attached to an aromatic ring is 2. The molecule has 0 fully saturated rings. The standard InChI is InChI=1S/C3H6N6O.ClH/c4-2-1(3(10)6-5)7-9-8-2;/h5H2,(H,6,10)(H3,4,7,8,9);1H. The smallest absolute Gasteiger partial charge is 0.289 e. The number of hydrogen-bond donors (Lipinski definition) is 4. The van der Waals surface area contributed by atoms with Gasteiger partial charge in [-0.1, -0.05) is 0 Å². The van der Waals surface area contributed by atoms with Gasteiger partial charge in [0.25, 0.3) is 5.91 Å². The van der Waals surface area contributed by atoms with E-state index < -0.39 is 5.91 Å². The lowest BCUT2D eigenvalue weighted by molar-refractivity contribution is 0.0949. The van der Waals surface area contributed by atoms with Crippen molar-refractivity contribution in [2.75, 3.05) is 5.73 Å². The van der Waals surface area contributed by atoms with Crippen molar-refractivity contribution in [3.63, 3.8) is 0 Å². The Kier molecular flexibility index (Phi) is 3.28. The van der Waals surface area contributed by atoms with Gasteiger partial charge < -0.3 is 5.73 Å². The molecule has 8 heteroatoms. The number of H-pyrrole nitrogens is 1. The van der Waals surface area contributed by atoms with E-state index in [1.165, 1.54) is 0 Å². The van der Waals surface area contributed by atoms with Crippen molar-refractivity contribution in [1.82, 2.24) is 20.8 Å². The third kappa shape index (κ3) is 1.79. The second kappa shape index (κ2) is 3.74. The third-order valence-corrected chi connectivity index (χ3v) is 0.921. The maximum absolute atomic E-state index is 10.7. The number of hydrogen-bond acceptors (Lipinski definition) is 5. The van der Waals surface area contributed by atoms with Crippen molar-refractivity contribution >= 4 is 24.1 Å². The highest BCUT2D eigenvalue weighted by Crippen LogP contribution is 1.99. The summed E-state index contributed by atoms with van der Waals surface area (Å²) in [5, 5.41) is 9.02. The van der Waals surface area contributed by atoms with Crippen LogP contribution in [-0.2, 0) is 0 Å². The predicted octanol–water partition coefficient (Wildman–Crippen LogP) is -1.59. The van der Waals surface area contributed by atoms with Gasteiger partial charge in [-0.3, -0.25) is 10.2 Å². The molecule has 7 nitrogen and oxygen atoms in total. The normalized spacial score (nSPS) is 8.45. The fraction of sp³-hybridized carbons (Fsp3) is 0. The molecule has 0 aliphatic heterocycles. The number of aromatic amines is 1. The van der Waals surface area contributed by atoms with Crippen molar-refractivity contribution in [1.29, 1.82) is 0 Å². The highest BCUT2D eigenvalue weighted by molar-refractivity contribution is 5.95. The highest BCUT2D eigenvalue weighted by Gasteiger charge is 2.11. The molecule has 1 heterocycles. The van der Waals surface area contributed by atoms with Gasteiger partial charge in [-0.15, -0.1) is 22.6 Å². The van der Waals surface area contributed by atoms with Crippen molar-refractivity contribution in [2.45, 2.75) is 0 Å². The Bertz CT molecular complexity index is 246. The zero-order chi connectivity index (χ0) is 7.56. The number of rotatable bonds is 1. The van der Waals surface area contributed by atoms with E-state index in [2.05, 4.69) is 15.4 Å². The number of nitrogens with two attached hydrogens (primary N) is 2. The van der Waals surface area contributed by atoms with Gasteiger partial charge in [0.2, 0.25) is 0 Å². The zero-order valence-electron chi connectivity index (χ0n) is 5.37. The first-order valence-electron chi connectivity index (χ1n) is 2.43. The fourth-order valence-electron chi connectivity index (χ4n) is 0.475. The number of nitrogens with one attached hydrogen (secondary N) is 2. The molecule has 0 unspecified atom stereocenters. The SMILES string of the molecule is Cl.NNC(=O)c1n[nH]nc1N. The number of anilines is 1. The molecular formula is C3H7ClN6O. The van der Waals surface area contributed by atoms with Crippen LogP contribution in [0.2, 0.25) is 0 Å². The number of halogens is 1. The topological polar surface area (TPSA) is 123 Å². The Morgan fingerprint density at radius 2 is 2.18 bits per heavy atom. The van der Waals surface area contributed by atoms with E-state index in [0.717, 1.165) is 0 Å². The van der Waals surface area contributed by atoms with Crippen LogP contribution < -0.4 is 17.0 Å². The highest BCUT2D eigenvalue weighted by atomic mass is 35.5. The summed E-state index contributed by atoms with van der Waals surface area (Å²) in [5.41, 5.74) is 7.06. The second-order valence-electron chi connectivity index (χ2n) is 1.53. The molecule has 62 valence electrons. The summed E-state index contributed by atoms with van der Waals surface area (Å²) in [4.78, 5) is 10.7. The van der Waals surface area contributed by atoms with Gasteiger partial charge in [0.05, 0.1) is 0 Å². The summed E-state index contributed by atoms with van der Waals surface area (Å²) in [6.45, 7) is 0. The van der Waals surface area contributed by atoms with E-state index in [4.69, 9.17) is 11.6 Å². The van der Waals surface area contributed by atoms with Crippen LogP contribution in [0, 0.1) is 0 Å². The Balaban J connectivity index is 0.000001000. The molecule has 0 saturated heterocycles. The Morgan fingerprint density at radius 3 is 2.55 bits per heavy atom.